The molecule has 0 aliphatic carbocycles. The average molecular weight is 213 g/mol. The Hall–Kier alpha value is -0.910. The number of rotatable bonds is 4. The molecule has 0 amide bonds. The van der Waals surface area contributed by atoms with E-state index in [4.69, 9.17) is 0 Å². The first-order valence-corrected chi connectivity index (χ1v) is 4.70. The summed E-state index contributed by atoms with van der Waals surface area (Å²) in [4.78, 5) is 14.4. The minimum absolute atomic E-state index is 0.119. The summed E-state index contributed by atoms with van der Waals surface area (Å²) in [6.45, 7) is 0. The summed E-state index contributed by atoms with van der Waals surface area (Å²) in [5.74, 6) is 0.119. The van der Waals surface area contributed by atoms with Crippen molar-refractivity contribution < 1.29 is 15.0 Å². The fourth-order valence-corrected chi connectivity index (χ4v) is 1.28. The number of carbonyl (C=O) groups excluding carboxylic acids is 1. The standard InChI is InChI=1S/C9H11NO3S/c11-4-6-1-2-10-3-7(6)9(13)8(12)5-14/h1-4,8-9,12-14H,5H2. The van der Waals surface area contributed by atoms with Crippen molar-refractivity contribution in [2.75, 3.05) is 5.75 Å². The monoisotopic (exact) mass is 213 g/mol. The van der Waals surface area contributed by atoms with Crippen LogP contribution in [0.1, 0.15) is 22.0 Å². The van der Waals surface area contributed by atoms with Crippen LogP contribution in [0.15, 0.2) is 18.5 Å². The van der Waals surface area contributed by atoms with Crippen LogP contribution in [-0.4, -0.2) is 33.3 Å². The maximum absolute atomic E-state index is 10.6. The van der Waals surface area contributed by atoms with E-state index in [1.165, 1.54) is 18.5 Å². The van der Waals surface area contributed by atoms with E-state index in [-0.39, 0.29) is 5.75 Å². The van der Waals surface area contributed by atoms with Gasteiger partial charge in [0, 0.05) is 29.3 Å². The Morgan fingerprint density at radius 3 is 2.86 bits per heavy atom. The summed E-state index contributed by atoms with van der Waals surface area (Å²) in [5.41, 5.74) is 0.650. The second-order valence-electron chi connectivity index (χ2n) is 2.82. The van der Waals surface area contributed by atoms with E-state index in [2.05, 4.69) is 17.6 Å². The highest BCUT2D eigenvalue weighted by molar-refractivity contribution is 7.80. The van der Waals surface area contributed by atoms with Gasteiger partial charge in [0.05, 0.1) is 6.10 Å². The molecule has 1 rings (SSSR count). The van der Waals surface area contributed by atoms with E-state index in [0.29, 0.717) is 17.4 Å². The molecule has 2 unspecified atom stereocenters. The number of aldehydes is 1. The normalized spacial score (nSPS) is 14.8. The Kier molecular flexibility index (Phi) is 4.06. The second kappa shape index (κ2) is 5.09. The summed E-state index contributed by atoms with van der Waals surface area (Å²) < 4.78 is 0. The largest absolute Gasteiger partial charge is 0.389 e. The molecule has 0 spiro atoms. The van der Waals surface area contributed by atoms with Gasteiger partial charge in [-0.3, -0.25) is 9.78 Å². The third-order valence-corrected chi connectivity index (χ3v) is 2.26. The SMILES string of the molecule is O=Cc1ccncc1C(O)C(O)CS. The van der Waals surface area contributed by atoms with Gasteiger partial charge >= 0.3 is 0 Å². The van der Waals surface area contributed by atoms with Gasteiger partial charge < -0.3 is 10.2 Å². The molecule has 4 nitrogen and oxygen atoms in total. The Morgan fingerprint density at radius 1 is 1.57 bits per heavy atom. The molecule has 0 saturated carbocycles. The van der Waals surface area contributed by atoms with Gasteiger partial charge in [-0.15, -0.1) is 0 Å². The van der Waals surface area contributed by atoms with Crippen LogP contribution < -0.4 is 0 Å². The number of pyridine rings is 1. The van der Waals surface area contributed by atoms with E-state index in [1.54, 1.807) is 0 Å². The molecule has 1 heterocycles. The number of thiol groups is 1. The molecule has 0 fully saturated rings. The number of aliphatic hydroxyl groups excluding tert-OH is 2. The zero-order chi connectivity index (χ0) is 10.6. The zero-order valence-corrected chi connectivity index (χ0v) is 8.26. The highest BCUT2D eigenvalue weighted by Crippen LogP contribution is 2.19. The lowest BCUT2D eigenvalue weighted by Gasteiger charge is -2.16. The van der Waals surface area contributed by atoms with Gasteiger partial charge in [-0.2, -0.15) is 12.6 Å². The van der Waals surface area contributed by atoms with Crippen LogP contribution in [0.5, 0.6) is 0 Å². The van der Waals surface area contributed by atoms with Gasteiger partial charge in [-0.05, 0) is 6.07 Å². The molecule has 0 aromatic carbocycles. The van der Waals surface area contributed by atoms with Crippen LogP contribution in [-0.2, 0) is 0 Å². The van der Waals surface area contributed by atoms with Crippen molar-refractivity contribution in [3.63, 3.8) is 0 Å². The maximum atomic E-state index is 10.6. The van der Waals surface area contributed by atoms with E-state index >= 15 is 0 Å². The van der Waals surface area contributed by atoms with Crippen molar-refractivity contribution in [2.45, 2.75) is 12.2 Å². The Balaban J connectivity index is 2.99. The van der Waals surface area contributed by atoms with Gasteiger partial charge in [0.1, 0.15) is 6.10 Å². The lowest BCUT2D eigenvalue weighted by atomic mass is 10.0. The highest BCUT2D eigenvalue weighted by atomic mass is 32.1. The number of nitrogens with zero attached hydrogens (tertiary/aromatic N) is 1. The van der Waals surface area contributed by atoms with Crippen LogP contribution in [0.3, 0.4) is 0 Å². The van der Waals surface area contributed by atoms with E-state index < -0.39 is 12.2 Å². The highest BCUT2D eigenvalue weighted by Gasteiger charge is 2.19. The smallest absolute Gasteiger partial charge is 0.150 e. The van der Waals surface area contributed by atoms with Crippen molar-refractivity contribution in [3.8, 4) is 0 Å². The summed E-state index contributed by atoms with van der Waals surface area (Å²) in [5, 5.41) is 18.9. The topological polar surface area (TPSA) is 70.4 Å². The quantitative estimate of drug-likeness (QED) is 0.494. The molecule has 76 valence electrons. The second-order valence-corrected chi connectivity index (χ2v) is 3.18. The number of carbonyl (C=O) groups is 1. The molecule has 2 N–H and O–H groups in total. The predicted molar refractivity (Wildman–Crippen MR) is 54.4 cm³/mol. The molecule has 1 aromatic heterocycles. The average Bonchev–Trinajstić information content (AvgIpc) is 2.26. The van der Waals surface area contributed by atoms with E-state index in [1.807, 2.05) is 0 Å². The summed E-state index contributed by atoms with van der Waals surface area (Å²) in [6.07, 6.45) is 1.31. The summed E-state index contributed by atoms with van der Waals surface area (Å²) >= 11 is 3.85. The molecule has 0 aliphatic heterocycles. The predicted octanol–water partition coefficient (Wildman–Crippen LogP) is 0.218. The lowest BCUT2D eigenvalue weighted by Crippen LogP contribution is -2.21. The molecule has 1 aromatic rings. The number of aliphatic hydroxyl groups is 2. The van der Waals surface area contributed by atoms with E-state index in [0.717, 1.165) is 0 Å². The van der Waals surface area contributed by atoms with Crippen molar-refractivity contribution in [3.05, 3.63) is 29.6 Å². The molecular formula is C9H11NO3S. The first-order chi connectivity index (χ1) is 6.70. The zero-order valence-electron chi connectivity index (χ0n) is 7.37. The molecule has 14 heavy (non-hydrogen) atoms. The van der Waals surface area contributed by atoms with Crippen molar-refractivity contribution in [1.29, 1.82) is 0 Å². The van der Waals surface area contributed by atoms with Crippen molar-refractivity contribution in [2.24, 2.45) is 0 Å². The molecule has 0 bridgehead atoms. The number of hydrogen-bond donors (Lipinski definition) is 3. The van der Waals surface area contributed by atoms with Crippen LogP contribution >= 0.6 is 12.6 Å². The van der Waals surface area contributed by atoms with Gasteiger partial charge in [0.25, 0.3) is 0 Å². The van der Waals surface area contributed by atoms with Crippen molar-refractivity contribution in [1.82, 2.24) is 4.98 Å². The van der Waals surface area contributed by atoms with Gasteiger partial charge in [0.15, 0.2) is 6.29 Å². The fraction of sp³-hybridized carbons (Fsp3) is 0.333. The first-order valence-electron chi connectivity index (χ1n) is 4.06. The van der Waals surface area contributed by atoms with Gasteiger partial charge in [0.2, 0.25) is 0 Å². The van der Waals surface area contributed by atoms with Crippen LogP contribution in [0.25, 0.3) is 0 Å². The lowest BCUT2D eigenvalue weighted by molar-refractivity contribution is 0.0331. The fourth-order valence-electron chi connectivity index (χ4n) is 1.08. The first kappa shape index (κ1) is 11.2. The Bertz CT molecular complexity index is 319. The molecule has 2 atom stereocenters. The summed E-state index contributed by atoms with van der Waals surface area (Å²) in [6, 6.07) is 1.48. The third kappa shape index (κ3) is 2.31. The third-order valence-electron chi connectivity index (χ3n) is 1.88. The molecule has 5 heteroatoms. The maximum Gasteiger partial charge on any atom is 0.150 e. The molecule has 0 saturated heterocycles. The molecular weight excluding hydrogens is 202 g/mol. The Morgan fingerprint density at radius 2 is 2.29 bits per heavy atom. The van der Waals surface area contributed by atoms with Crippen LogP contribution in [0.2, 0.25) is 0 Å². The Labute approximate surface area is 87.0 Å². The van der Waals surface area contributed by atoms with Crippen LogP contribution in [0.4, 0.5) is 0 Å². The summed E-state index contributed by atoms with van der Waals surface area (Å²) in [7, 11) is 0. The van der Waals surface area contributed by atoms with Crippen LogP contribution in [0, 0.1) is 0 Å². The molecule has 0 aliphatic rings. The van der Waals surface area contributed by atoms with E-state index in [9.17, 15) is 15.0 Å². The molecule has 0 radical (unpaired) electrons. The number of hydrogen-bond acceptors (Lipinski definition) is 5. The van der Waals surface area contributed by atoms with Crippen molar-refractivity contribution >= 4 is 18.9 Å². The van der Waals surface area contributed by atoms with Gasteiger partial charge in [-0.1, -0.05) is 0 Å². The minimum Gasteiger partial charge on any atom is -0.389 e. The minimum atomic E-state index is -1.12. The van der Waals surface area contributed by atoms with Gasteiger partial charge in [-0.25, -0.2) is 0 Å². The number of aromatic nitrogens is 1.